The van der Waals surface area contributed by atoms with Crippen LogP contribution in [0.2, 0.25) is 0 Å². The van der Waals surface area contributed by atoms with Crippen LogP contribution in [-0.4, -0.2) is 22.9 Å². The van der Waals surface area contributed by atoms with Gasteiger partial charge < -0.3 is 5.21 Å². The van der Waals surface area contributed by atoms with E-state index >= 15 is 0 Å². The topological polar surface area (TPSA) is 23.5 Å². The van der Waals surface area contributed by atoms with Crippen molar-refractivity contribution in [2.24, 2.45) is 0 Å². The molecule has 0 aliphatic rings. The van der Waals surface area contributed by atoms with E-state index in [1.807, 2.05) is 20.8 Å². The average Bonchev–Trinajstić information content (AvgIpc) is 1.31. The van der Waals surface area contributed by atoms with Crippen LogP contribution in [0.1, 0.15) is 20.8 Å². The van der Waals surface area contributed by atoms with Gasteiger partial charge in [0.25, 0.3) is 0 Å². The van der Waals surface area contributed by atoms with E-state index < -0.39 is 0 Å². The summed E-state index contributed by atoms with van der Waals surface area (Å²) in [6, 6.07) is 0. The Balaban J connectivity index is 3.54. The van der Waals surface area contributed by atoms with Gasteiger partial charge in [-0.15, -0.1) is 0 Å². The average molecular weight is 103 g/mol. The molecule has 0 unspecified atom stereocenters. The minimum Gasteiger partial charge on any atom is -0.314 e. The molecule has 2 nitrogen and oxygen atoms in total. The fraction of sp³-hybridized carbons (Fsp3) is 1.00. The van der Waals surface area contributed by atoms with Crippen LogP contribution in [0.15, 0.2) is 0 Å². The first-order chi connectivity index (χ1) is 2.94. The molecule has 0 radical (unpaired) electrons. The summed E-state index contributed by atoms with van der Waals surface area (Å²) in [4.78, 5) is 0. The number of rotatable bonds is 0. The molecule has 0 aliphatic heterocycles. The van der Waals surface area contributed by atoms with Crippen molar-refractivity contribution in [1.82, 2.24) is 5.06 Å². The molecule has 0 aliphatic carbocycles. The zero-order valence-electron chi connectivity index (χ0n) is 5.39. The number of hydrogen-bond donors (Lipinski definition) is 1. The van der Waals surface area contributed by atoms with Crippen LogP contribution < -0.4 is 0 Å². The first-order valence-corrected chi connectivity index (χ1v) is 2.37. The van der Waals surface area contributed by atoms with Crippen molar-refractivity contribution in [1.29, 1.82) is 0 Å². The molecular weight excluding hydrogens is 90.1 g/mol. The van der Waals surface area contributed by atoms with Crippen LogP contribution in [0.3, 0.4) is 0 Å². The molecule has 0 saturated carbocycles. The van der Waals surface area contributed by atoms with Crippen molar-refractivity contribution in [2.75, 3.05) is 7.05 Å². The van der Waals surface area contributed by atoms with Gasteiger partial charge in [-0.05, 0) is 20.8 Å². The normalized spacial score (nSPS) is 12.9. The number of hydroxylamine groups is 2. The molecule has 0 bridgehead atoms. The van der Waals surface area contributed by atoms with E-state index in [0.717, 1.165) is 0 Å². The van der Waals surface area contributed by atoms with Crippen LogP contribution in [0.25, 0.3) is 0 Å². The van der Waals surface area contributed by atoms with E-state index in [9.17, 15) is 0 Å². The third-order valence-electron chi connectivity index (χ3n) is 0.971. The van der Waals surface area contributed by atoms with E-state index in [4.69, 9.17) is 5.21 Å². The Labute approximate surface area is 44.7 Å². The SMILES string of the molecule is CN(O)C(C)(C)C. The Morgan fingerprint density at radius 1 is 1.29 bits per heavy atom. The summed E-state index contributed by atoms with van der Waals surface area (Å²) < 4.78 is 0. The van der Waals surface area contributed by atoms with Gasteiger partial charge in [-0.2, -0.15) is 5.06 Å². The zero-order valence-corrected chi connectivity index (χ0v) is 5.39. The van der Waals surface area contributed by atoms with Gasteiger partial charge in [0.2, 0.25) is 0 Å². The molecule has 44 valence electrons. The summed E-state index contributed by atoms with van der Waals surface area (Å²) in [6.07, 6.45) is 0. The van der Waals surface area contributed by atoms with Crippen LogP contribution in [0.4, 0.5) is 0 Å². The highest BCUT2D eigenvalue weighted by atomic mass is 16.5. The van der Waals surface area contributed by atoms with E-state index in [2.05, 4.69) is 0 Å². The Kier molecular flexibility index (Phi) is 1.78. The monoisotopic (exact) mass is 103 g/mol. The maximum absolute atomic E-state index is 8.72. The molecule has 0 heterocycles. The number of nitrogens with zero attached hydrogens (tertiary/aromatic N) is 1. The second-order valence-electron chi connectivity index (χ2n) is 2.69. The Hall–Kier alpha value is -0.0800. The third kappa shape index (κ3) is 2.60. The third-order valence-corrected chi connectivity index (χ3v) is 0.971. The fourth-order valence-electron chi connectivity index (χ4n) is 0. The molecule has 0 aromatic rings. The van der Waals surface area contributed by atoms with E-state index in [1.54, 1.807) is 7.05 Å². The van der Waals surface area contributed by atoms with Crippen LogP contribution in [0.5, 0.6) is 0 Å². The van der Waals surface area contributed by atoms with Crippen molar-refractivity contribution in [3.05, 3.63) is 0 Å². The maximum Gasteiger partial charge on any atom is 0.0373 e. The van der Waals surface area contributed by atoms with Gasteiger partial charge in [-0.3, -0.25) is 0 Å². The highest BCUT2D eigenvalue weighted by Crippen LogP contribution is 2.05. The van der Waals surface area contributed by atoms with Crippen molar-refractivity contribution in [3.63, 3.8) is 0 Å². The molecule has 0 aromatic heterocycles. The predicted molar refractivity (Wildman–Crippen MR) is 29.3 cm³/mol. The van der Waals surface area contributed by atoms with E-state index in [1.165, 1.54) is 5.06 Å². The van der Waals surface area contributed by atoms with Gasteiger partial charge in [0, 0.05) is 12.6 Å². The second kappa shape index (κ2) is 1.80. The quantitative estimate of drug-likeness (QED) is 0.464. The summed E-state index contributed by atoms with van der Waals surface area (Å²) in [5.74, 6) is 0. The van der Waals surface area contributed by atoms with Crippen molar-refractivity contribution < 1.29 is 5.21 Å². The maximum atomic E-state index is 8.72. The molecule has 0 fully saturated rings. The minimum atomic E-state index is -0.111. The van der Waals surface area contributed by atoms with Gasteiger partial charge in [0.15, 0.2) is 0 Å². The Bertz CT molecular complexity index is 53.6. The molecule has 0 rings (SSSR count). The van der Waals surface area contributed by atoms with Gasteiger partial charge >= 0.3 is 0 Å². The fourth-order valence-corrected chi connectivity index (χ4v) is 0. The highest BCUT2D eigenvalue weighted by Gasteiger charge is 2.12. The van der Waals surface area contributed by atoms with Crippen LogP contribution in [-0.2, 0) is 0 Å². The van der Waals surface area contributed by atoms with E-state index in [-0.39, 0.29) is 5.54 Å². The molecular formula is C5H13NO. The zero-order chi connectivity index (χ0) is 6.08. The smallest absolute Gasteiger partial charge is 0.0373 e. The molecule has 7 heavy (non-hydrogen) atoms. The lowest BCUT2D eigenvalue weighted by Crippen LogP contribution is -2.34. The minimum absolute atomic E-state index is 0.111. The van der Waals surface area contributed by atoms with Gasteiger partial charge in [-0.1, -0.05) is 0 Å². The van der Waals surface area contributed by atoms with Gasteiger partial charge in [0.1, 0.15) is 0 Å². The Morgan fingerprint density at radius 2 is 1.43 bits per heavy atom. The van der Waals surface area contributed by atoms with Crippen molar-refractivity contribution in [2.45, 2.75) is 26.3 Å². The van der Waals surface area contributed by atoms with Crippen LogP contribution in [0, 0.1) is 0 Å². The second-order valence-corrected chi connectivity index (χ2v) is 2.69. The largest absolute Gasteiger partial charge is 0.314 e. The summed E-state index contributed by atoms with van der Waals surface area (Å²) in [7, 11) is 1.64. The molecule has 0 spiro atoms. The lowest BCUT2D eigenvalue weighted by molar-refractivity contribution is -0.132. The first-order valence-electron chi connectivity index (χ1n) is 2.37. The summed E-state index contributed by atoms with van der Waals surface area (Å²) >= 11 is 0. The molecule has 0 atom stereocenters. The molecule has 2 heteroatoms. The van der Waals surface area contributed by atoms with E-state index in [0.29, 0.717) is 0 Å². The first kappa shape index (κ1) is 6.92. The van der Waals surface area contributed by atoms with Gasteiger partial charge in [-0.25, -0.2) is 0 Å². The molecule has 0 aromatic carbocycles. The lowest BCUT2D eigenvalue weighted by Gasteiger charge is -2.24. The molecule has 0 amide bonds. The molecule has 1 N–H and O–H groups in total. The standard InChI is InChI=1S/C5H13NO/c1-5(2,3)6(4)7/h7H,1-4H3. The predicted octanol–water partition coefficient (Wildman–Crippen LogP) is 1.11. The lowest BCUT2D eigenvalue weighted by atomic mass is 10.1. The van der Waals surface area contributed by atoms with Crippen molar-refractivity contribution >= 4 is 0 Å². The Morgan fingerprint density at radius 3 is 1.43 bits per heavy atom. The summed E-state index contributed by atoms with van der Waals surface area (Å²) in [6.45, 7) is 5.81. The summed E-state index contributed by atoms with van der Waals surface area (Å²) in [5, 5.41) is 9.91. The molecule has 0 saturated heterocycles. The highest BCUT2D eigenvalue weighted by molar-refractivity contribution is 4.64. The van der Waals surface area contributed by atoms with Crippen molar-refractivity contribution in [3.8, 4) is 0 Å². The summed E-state index contributed by atoms with van der Waals surface area (Å²) in [5.41, 5.74) is -0.111. The number of hydrogen-bond acceptors (Lipinski definition) is 2. The van der Waals surface area contributed by atoms with Gasteiger partial charge in [0.05, 0.1) is 0 Å². The van der Waals surface area contributed by atoms with Crippen LogP contribution >= 0.6 is 0 Å².